The summed E-state index contributed by atoms with van der Waals surface area (Å²) in [6, 6.07) is 8.70. The minimum Gasteiger partial charge on any atom is -0.493 e. The lowest BCUT2D eigenvalue weighted by molar-refractivity contribution is 0.128. The van der Waals surface area contributed by atoms with Gasteiger partial charge in [0.25, 0.3) is 0 Å². The van der Waals surface area contributed by atoms with Crippen LogP contribution in [0.2, 0.25) is 0 Å². The third-order valence-electron chi connectivity index (χ3n) is 4.79. The number of benzene rings is 1. The van der Waals surface area contributed by atoms with Gasteiger partial charge in [-0.15, -0.1) is 0 Å². The van der Waals surface area contributed by atoms with Crippen molar-refractivity contribution in [2.75, 3.05) is 6.61 Å². The van der Waals surface area contributed by atoms with E-state index in [0.29, 0.717) is 5.41 Å². The molecule has 0 saturated carbocycles. The van der Waals surface area contributed by atoms with Gasteiger partial charge in [-0.1, -0.05) is 52.7 Å². The molecule has 0 aliphatic heterocycles. The standard InChI is InChI=1S/C19H32O/c1-5-9-10-11-17-12-14-18(15-13-17)20-16-19(6-2,7-3)8-4/h12-15H,5-11,16H2,1-4H3. The van der Waals surface area contributed by atoms with Crippen LogP contribution in [-0.2, 0) is 6.42 Å². The molecule has 0 bridgehead atoms. The molecule has 1 rings (SSSR count). The fourth-order valence-electron chi connectivity index (χ4n) is 2.62. The fraction of sp³-hybridized carbons (Fsp3) is 0.684. The van der Waals surface area contributed by atoms with Gasteiger partial charge in [-0.3, -0.25) is 0 Å². The van der Waals surface area contributed by atoms with Gasteiger partial charge in [0.1, 0.15) is 5.75 Å². The summed E-state index contributed by atoms with van der Waals surface area (Å²) in [5.41, 5.74) is 1.78. The van der Waals surface area contributed by atoms with Crippen LogP contribution in [0, 0.1) is 5.41 Å². The molecule has 0 heterocycles. The molecule has 0 aliphatic rings. The summed E-state index contributed by atoms with van der Waals surface area (Å²) in [5.74, 6) is 1.02. The number of rotatable bonds is 10. The van der Waals surface area contributed by atoms with Gasteiger partial charge in [0.2, 0.25) is 0 Å². The maximum absolute atomic E-state index is 6.02. The maximum atomic E-state index is 6.02. The molecule has 0 atom stereocenters. The molecule has 0 fully saturated rings. The minimum atomic E-state index is 0.347. The number of ether oxygens (including phenoxy) is 1. The number of hydrogen-bond donors (Lipinski definition) is 0. The predicted molar refractivity (Wildman–Crippen MR) is 88.5 cm³/mol. The molecule has 1 heteroatoms. The van der Waals surface area contributed by atoms with Gasteiger partial charge < -0.3 is 4.74 Å². The van der Waals surface area contributed by atoms with E-state index in [1.165, 1.54) is 50.5 Å². The van der Waals surface area contributed by atoms with Crippen molar-refractivity contribution in [3.63, 3.8) is 0 Å². The summed E-state index contributed by atoms with van der Waals surface area (Å²) >= 11 is 0. The second-order valence-electron chi connectivity index (χ2n) is 5.95. The van der Waals surface area contributed by atoms with Crippen molar-refractivity contribution >= 4 is 0 Å². The van der Waals surface area contributed by atoms with E-state index < -0.39 is 0 Å². The maximum Gasteiger partial charge on any atom is 0.119 e. The Bertz CT molecular complexity index is 340. The Morgan fingerprint density at radius 1 is 0.850 bits per heavy atom. The summed E-state index contributed by atoms with van der Waals surface area (Å²) in [5, 5.41) is 0. The SMILES string of the molecule is CCCCCc1ccc(OCC(CC)(CC)CC)cc1. The van der Waals surface area contributed by atoms with Gasteiger partial charge >= 0.3 is 0 Å². The molecule has 0 unspecified atom stereocenters. The minimum absolute atomic E-state index is 0.347. The van der Waals surface area contributed by atoms with Crippen LogP contribution in [0.1, 0.15) is 71.8 Å². The highest BCUT2D eigenvalue weighted by Gasteiger charge is 2.24. The summed E-state index contributed by atoms with van der Waals surface area (Å²) in [6.45, 7) is 9.90. The summed E-state index contributed by atoms with van der Waals surface area (Å²) in [4.78, 5) is 0. The van der Waals surface area contributed by atoms with Crippen LogP contribution in [0.25, 0.3) is 0 Å². The second-order valence-corrected chi connectivity index (χ2v) is 5.95. The topological polar surface area (TPSA) is 9.23 Å². The van der Waals surface area contributed by atoms with E-state index in [2.05, 4.69) is 52.0 Å². The average molecular weight is 276 g/mol. The zero-order valence-electron chi connectivity index (χ0n) is 13.9. The molecule has 0 aliphatic carbocycles. The zero-order chi connectivity index (χ0) is 14.8. The molecule has 0 saturated heterocycles. The smallest absolute Gasteiger partial charge is 0.119 e. The Kier molecular flexibility index (Phi) is 7.72. The third kappa shape index (κ3) is 5.19. The quantitative estimate of drug-likeness (QED) is 0.475. The Morgan fingerprint density at radius 2 is 1.45 bits per heavy atom. The lowest BCUT2D eigenvalue weighted by Crippen LogP contribution is -2.26. The highest BCUT2D eigenvalue weighted by Crippen LogP contribution is 2.31. The van der Waals surface area contributed by atoms with Crippen molar-refractivity contribution < 1.29 is 4.74 Å². The number of unbranched alkanes of at least 4 members (excludes halogenated alkanes) is 2. The van der Waals surface area contributed by atoms with E-state index in [9.17, 15) is 0 Å². The Labute approximate surface area is 125 Å². The van der Waals surface area contributed by atoms with Crippen LogP contribution in [0.5, 0.6) is 5.75 Å². The van der Waals surface area contributed by atoms with Crippen LogP contribution in [0.15, 0.2) is 24.3 Å². The van der Waals surface area contributed by atoms with Gasteiger partial charge in [-0.2, -0.15) is 0 Å². The molecule has 1 aromatic rings. The van der Waals surface area contributed by atoms with Gasteiger partial charge in [-0.05, 0) is 49.8 Å². The van der Waals surface area contributed by atoms with Crippen molar-refractivity contribution in [1.82, 2.24) is 0 Å². The summed E-state index contributed by atoms with van der Waals surface area (Å²) in [7, 11) is 0. The largest absolute Gasteiger partial charge is 0.493 e. The van der Waals surface area contributed by atoms with Gasteiger partial charge in [0.15, 0.2) is 0 Å². The predicted octanol–water partition coefficient (Wildman–Crippen LogP) is 6.01. The molecule has 0 aromatic heterocycles. The highest BCUT2D eigenvalue weighted by atomic mass is 16.5. The van der Waals surface area contributed by atoms with E-state index >= 15 is 0 Å². The molecule has 1 nitrogen and oxygen atoms in total. The third-order valence-corrected chi connectivity index (χ3v) is 4.79. The van der Waals surface area contributed by atoms with E-state index in [4.69, 9.17) is 4.74 Å². The molecular formula is C19H32O. The van der Waals surface area contributed by atoms with Crippen LogP contribution >= 0.6 is 0 Å². The van der Waals surface area contributed by atoms with Gasteiger partial charge in [-0.25, -0.2) is 0 Å². The van der Waals surface area contributed by atoms with Crippen molar-refractivity contribution in [2.24, 2.45) is 5.41 Å². The Balaban J connectivity index is 2.48. The monoisotopic (exact) mass is 276 g/mol. The molecular weight excluding hydrogens is 244 g/mol. The van der Waals surface area contributed by atoms with E-state index in [1.54, 1.807) is 0 Å². The van der Waals surface area contributed by atoms with Crippen LogP contribution in [0.3, 0.4) is 0 Å². The second kappa shape index (κ2) is 9.05. The first-order valence-electron chi connectivity index (χ1n) is 8.41. The van der Waals surface area contributed by atoms with Gasteiger partial charge in [0, 0.05) is 5.41 Å². The van der Waals surface area contributed by atoms with Crippen LogP contribution in [0.4, 0.5) is 0 Å². The molecule has 20 heavy (non-hydrogen) atoms. The highest BCUT2D eigenvalue weighted by molar-refractivity contribution is 5.27. The molecule has 114 valence electrons. The lowest BCUT2D eigenvalue weighted by Gasteiger charge is -2.30. The Hall–Kier alpha value is -0.980. The van der Waals surface area contributed by atoms with E-state index in [0.717, 1.165) is 12.4 Å². The fourth-order valence-corrected chi connectivity index (χ4v) is 2.62. The Morgan fingerprint density at radius 3 is 1.95 bits per heavy atom. The average Bonchev–Trinajstić information content (AvgIpc) is 2.51. The van der Waals surface area contributed by atoms with Gasteiger partial charge in [0.05, 0.1) is 6.61 Å². The van der Waals surface area contributed by atoms with Crippen LogP contribution < -0.4 is 4.74 Å². The first kappa shape index (κ1) is 17.1. The normalized spacial score (nSPS) is 11.6. The number of hydrogen-bond acceptors (Lipinski definition) is 1. The summed E-state index contributed by atoms with van der Waals surface area (Å²) < 4.78 is 6.02. The molecule has 0 N–H and O–H groups in total. The van der Waals surface area contributed by atoms with Crippen LogP contribution in [-0.4, -0.2) is 6.61 Å². The molecule has 0 radical (unpaired) electrons. The van der Waals surface area contributed by atoms with Crippen molar-refractivity contribution in [2.45, 2.75) is 72.6 Å². The van der Waals surface area contributed by atoms with E-state index in [-0.39, 0.29) is 0 Å². The molecule has 0 amide bonds. The number of aryl methyl sites for hydroxylation is 1. The molecule has 1 aromatic carbocycles. The zero-order valence-corrected chi connectivity index (χ0v) is 13.9. The lowest BCUT2D eigenvalue weighted by atomic mass is 9.81. The first-order valence-corrected chi connectivity index (χ1v) is 8.41. The van der Waals surface area contributed by atoms with Crippen molar-refractivity contribution in [3.8, 4) is 5.75 Å². The molecule has 0 spiro atoms. The van der Waals surface area contributed by atoms with Crippen molar-refractivity contribution in [1.29, 1.82) is 0 Å². The first-order chi connectivity index (χ1) is 9.69. The van der Waals surface area contributed by atoms with Crippen molar-refractivity contribution in [3.05, 3.63) is 29.8 Å². The van der Waals surface area contributed by atoms with E-state index in [1.807, 2.05) is 0 Å². The summed E-state index contributed by atoms with van der Waals surface area (Å²) in [6.07, 6.45) is 8.66.